The first kappa shape index (κ1) is 22.7. The third kappa shape index (κ3) is 4.65. The van der Waals surface area contributed by atoms with Gasteiger partial charge in [0, 0.05) is 56.3 Å². The van der Waals surface area contributed by atoms with Crippen molar-refractivity contribution < 1.29 is 13.9 Å². The first-order valence-corrected chi connectivity index (χ1v) is 11.3. The molecule has 9 nitrogen and oxygen atoms in total. The minimum atomic E-state index is -0.450. The van der Waals surface area contributed by atoms with Crippen LogP contribution in [0.2, 0.25) is 0 Å². The lowest BCUT2D eigenvalue weighted by atomic mass is 10.1. The number of rotatable bonds is 6. The Labute approximate surface area is 202 Å². The third-order valence-corrected chi connectivity index (χ3v) is 6.02. The fourth-order valence-corrected chi connectivity index (χ4v) is 4.02. The SMILES string of the molecule is COc1cc(N2CCN(C)CC2)nc(-n2cc(-c3ccnc(-c4c(F)cccc4OC)n3)cn2)c1. The zero-order chi connectivity index (χ0) is 24.4. The van der Waals surface area contributed by atoms with Gasteiger partial charge in [0.25, 0.3) is 0 Å². The molecule has 0 atom stereocenters. The second kappa shape index (κ2) is 9.67. The Morgan fingerprint density at radius 2 is 1.74 bits per heavy atom. The van der Waals surface area contributed by atoms with Crippen LogP contribution in [0.1, 0.15) is 0 Å². The van der Waals surface area contributed by atoms with Crippen LogP contribution in [0.4, 0.5) is 10.2 Å². The molecular weight excluding hydrogens is 449 g/mol. The first-order chi connectivity index (χ1) is 17.1. The van der Waals surface area contributed by atoms with E-state index in [0.717, 1.165) is 37.6 Å². The Kier molecular flexibility index (Phi) is 6.28. The smallest absolute Gasteiger partial charge is 0.166 e. The Morgan fingerprint density at radius 3 is 2.51 bits per heavy atom. The number of aromatic nitrogens is 5. The van der Waals surface area contributed by atoms with Crippen molar-refractivity contribution in [2.75, 3.05) is 52.3 Å². The molecule has 3 aromatic heterocycles. The van der Waals surface area contributed by atoms with Crippen LogP contribution in [0.25, 0.3) is 28.5 Å². The molecule has 1 aromatic carbocycles. The van der Waals surface area contributed by atoms with E-state index in [-0.39, 0.29) is 11.4 Å². The number of likely N-dealkylation sites (N-methyl/N-ethyl adjacent to an activating group) is 1. The van der Waals surface area contributed by atoms with E-state index in [2.05, 4.69) is 31.9 Å². The number of methoxy groups -OCH3 is 2. The lowest BCUT2D eigenvalue weighted by molar-refractivity contribution is 0.312. The van der Waals surface area contributed by atoms with Gasteiger partial charge in [-0.25, -0.2) is 24.0 Å². The lowest BCUT2D eigenvalue weighted by Crippen LogP contribution is -2.44. The van der Waals surface area contributed by atoms with E-state index >= 15 is 0 Å². The predicted octanol–water partition coefficient (Wildman–Crippen LogP) is 3.30. The first-order valence-electron chi connectivity index (χ1n) is 11.3. The molecule has 4 aromatic rings. The molecule has 1 fully saturated rings. The monoisotopic (exact) mass is 475 g/mol. The zero-order valence-corrected chi connectivity index (χ0v) is 19.8. The largest absolute Gasteiger partial charge is 0.496 e. The van der Waals surface area contributed by atoms with Gasteiger partial charge in [-0.15, -0.1) is 0 Å². The summed E-state index contributed by atoms with van der Waals surface area (Å²) in [5.41, 5.74) is 1.57. The van der Waals surface area contributed by atoms with Crippen molar-refractivity contribution in [3.05, 3.63) is 60.8 Å². The number of nitrogens with zero attached hydrogens (tertiary/aromatic N) is 7. The van der Waals surface area contributed by atoms with Crippen LogP contribution in [-0.4, -0.2) is 77.1 Å². The number of pyridine rings is 1. The van der Waals surface area contributed by atoms with Gasteiger partial charge in [-0.2, -0.15) is 5.10 Å². The van der Waals surface area contributed by atoms with Gasteiger partial charge >= 0.3 is 0 Å². The molecule has 10 heteroatoms. The fraction of sp³-hybridized carbons (Fsp3) is 0.280. The van der Waals surface area contributed by atoms with Crippen molar-refractivity contribution in [2.45, 2.75) is 0 Å². The molecule has 0 spiro atoms. The lowest BCUT2D eigenvalue weighted by Gasteiger charge is -2.33. The highest BCUT2D eigenvalue weighted by Gasteiger charge is 2.19. The molecule has 0 radical (unpaired) electrons. The van der Waals surface area contributed by atoms with E-state index in [1.807, 2.05) is 18.3 Å². The summed E-state index contributed by atoms with van der Waals surface area (Å²) in [6.45, 7) is 3.74. The number of hydrogen-bond donors (Lipinski definition) is 0. The van der Waals surface area contributed by atoms with Crippen LogP contribution < -0.4 is 14.4 Å². The summed E-state index contributed by atoms with van der Waals surface area (Å²) in [5.74, 6) is 2.35. The standard InChI is InChI=1S/C25H26FN7O2/c1-31-9-11-32(12-10-31)22-13-18(34-2)14-23(30-22)33-16-17(15-28-33)20-7-8-27-25(29-20)24-19(26)5-4-6-21(24)35-3/h4-8,13-16H,9-12H2,1-3H3. The van der Waals surface area contributed by atoms with Crippen LogP contribution in [0.15, 0.2) is 55.0 Å². The van der Waals surface area contributed by atoms with Crippen LogP contribution >= 0.6 is 0 Å². The number of anilines is 1. The summed E-state index contributed by atoms with van der Waals surface area (Å²) in [7, 11) is 5.25. The summed E-state index contributed by atoms with van der Waals surface area (Å²) < 4.78 is 27.1. The van der Waals surface area contributed by atoms with E-state index in [4.69, 9.17) is 14.5 Å². The molecule has 1 aliphatic heterocycles. The highest BCUT2D eigenvalue weighted by atomic mass is 19.1. The van der Waals surface area contributed by atoms with Crippen molar-refractivity contribution in [1.29, 1.82) is 0 Å². The summed E-state index contributed by atoms with van der Waals surface area (Å²) in [6.07, 6.45) is 5.12. The molecular formula is C25H26FN7O2. The summed E-state index contributed by atoms with van der Waals surface area (Å²) >= 11 is 0. The van der Waals surface area contributed by atoms with E-state index in [1.54, 1.807) is 42.4 Å². The third-order valence-electron chi connectivity index (χ3n) is 6.02. The average molecular weight is 476 g/mol. The molecule has 1 saturated heterocycles. The molecule has 5 rings (SSSR count). The maximum atomic E-state index is 14.6. The van der Waals surface area contributed by atoms with E-state index in [1.165, 1.54) is 13.2 Å². The van der Waals surface area contributed by atoms with Gasteiger partial charge < -0.3 is 19.3 Å². The van der Waals surface area contributed by atoms with Gasteiger partial charge in [-0.05, 0) is 25.2 Å². The molecule has 4 heterocycles. The molecule has 0 bridgehead atoms. The number of hydrogen-bond acceptors (Lipinski definition) is 8. The molecule has 0 amide bonds. The number of benzene rings is 1. The minimum absolute atomic E-state index is 0.218. The molecule has 1 aliphatic rings. The Morgan fingerprint density at radius 1 is 0.943 bits per heavy atom. The van der Waals surface area contributed by atoms with Crippen LogP contribution in [0, 0.1) is 5.82 Å². The number of ether oxygens (including phenoxy) is 2. The molecule has 0 N–H and O–H groups in total. The maximum absolute atomic E-state index is 14.6. The maximum Gasteiger partial charge on any atom is 0.166 e. The van der Waals surface area contributed by atoms with Crippen LogP contribution in [-0.2, 0) is 0 Å². The van der Waals surface area contributed by atoms with Crippen molar-refractivity contribution in [3.8, 4) is 40.0 Å². The van der Waals surface area contributed by atoms with E-state index < -0.39 is 5.82 Å². The second-order valence-electron chi connectivity index (χ2n) is 8.27. The molecule has 0 unspecified atom stereocenters. The van der Waals surface area contributed by atoms with Gasteiger partial charge in [-0.3, -0.25) is 0 Å². The van der Waals surface area contributed by atoms with Crippen molar-refractivity contribution in [1.82, 2.24) is 29.6 Å². The zero-order valence-electron chi connectivity index (χ0n) is 19.8. The Hall–Kier alpha value is -4.05. The van der Waals surface area contributed by atoms with Crippen LogP contribution in [0.5, 0.6) is 11.5 Å². The highest BCUT2D eigenvalue weighted by molar-refractivity contribution is 5.68. The number of piperazine rings is 1. The van der Waals surface area contributed by atoms with Gasteiger partial charge in [0.2, 0.25) is 0 Å². The average Bonchev–Trinajstić information content (AvgIpc) is 3.39. The van der Waals surface area contributed by atoms with Crippen molar-refractivity contribution >= 4 is 5.82 Å². The fourth-order valence-electron chi connectivity index (χ4n) is 4.02. The minimum Gasteiger partial charge on any atom is -0.496 e. The molecule has 0 saturated carbocycles. The van der Waals surface area contributed by atoms with Gasteiger partial charge in [0.1, 0.15) is 23.1 Å². The van der Waals surface area contributed by atoms with E-state index in [0.29, 0.717) is 23.0 Å². The summed E-state index contributed by atoms with van der Waals surface area (Å²) in [4.78, 5) is 18.2. The quantitative estimate of drug-likeness (QED) is 0.420. The molecule has 180 valence electrons. The Bertz CT molecular complexity index is 1340. The highest BCUT2D eigenvalue weighted by Crippen LogP contribution is 2.31. The van der Waals surface area contributed by atoms with E-state index in [9.17, 15) is 4.39 Å². The summed E-state index contributed by atoms with van der Waals surface area (Å²) in [5, 5.41) is 4.50. The van der Waals surface area contributed by atoms with Crippen LogP contribution in [0.3, 0.4) is 0 Å². The van der Waals surface area contributed by atoms with Gasteiger partial charge in [-0.1, -0.05) is 6.07 Å². The van der Waals surface area contributed by atoms with Gasteiger partial charge in [0.05, 0.1) is 31.7 Å². The Balaban J connectivity index is 1.48. The predicted molar refractivity (Wildman–Crippen MR) is 131 cm³/mol. The van der Waals surface area contributed by atoms with Crippen molar-refractivity contribution in [3.63, 3.8) is 0 Å². The topological polar surface area (TPSA) is 81.4 Å². The molecule has 35 heavy (non-hydrogen) atoms. The summed E-state index contributed by atoms with van der Waals surface area (Å²) in [6, 6.07) is 10.2. The molecule has 0 aliphatic carbocycles. The second-order valence-corrected chi connectivity index (χ2v) is 8.27. The number of halogens is 1. The van der Waals surface area contributed by atoms with Gasteiger partial charge in [0.15, 0.2) is 11.6 Å². The van der Waals surface area contributed by atoms with Crippen molar-refractivity contribution in [2.24, 2.45) is 0 Å². The normalized spacial score (nSPS) is 14.2.